The Morgan fingerprint density at radius 1 is 1.32 bits per heavy atom. The number of carbonyl (C=O) groups is 1. The summed E-state index contributed by atoms with van der Waals surface area (Å²) < 4.78 is 17.0. The number of rotatable bonds is 0. The molecule has 2 fully saturated rings. The van der Waals surface area contributed by atoms with E-state index in [0.29, 0.717) is 18.8 Å². The number of epoxide rings is 1. The first-order valence-electron chi connectivity index (χ1n) is 7.98. The van der Waals surface area contributed by atoms with E-state index in [1.165, 1.54) is 0 Å². The van der Waals surface area contributed by atoms with Crippen LogP contribution in [0, 0.1) is 5.92 Å². The highest BCUT2D eigenvalue weighted by Crippen LogP contribution is 2.49. The van der Waals surface area contributed by atoms with Gasteiger partial charge in [-0.3, -0.25) is 0 Å². The number of esters is 1. The van der Waals surface area contributed by atoms with E-state index in [4.69, 9.17) is 14.2 Å². The number of allylic oxidation sites excluding steroid dienone is 1. The molecule has 4 nitrogen and oxygen atoms in total. The lowest BCUT2D eigenvalue weighted by atomic mass is 9.85. The number of carbonyl (C=O) groups excluding carboxylic acids is 1. The number of hydrogen-bond acceptors (Lipinski definition) is 4. The maximum atomic E-state index is 11.9. The van der Waals surface area contributed by atoms with Crippen molar-refractivity contribution < 1.29 is 19.0 Å². The SMILES string of the molecule is C=C1CC[C@H]2C(=C)C(=O)O[C@@H]2[C@@H]2O[C@]2(C)CC/C=C\COC1. The second-order valence-corrected chi connectivity index (χ2v) is 6.67. The van der Waals surface area contributed by atoms with Gasteiger partial charge in [-0.2, -0.15) is 0 Å². The second kappa shape index (κ2) is 6.01. The van der Waals surface area contributed by atoms with E-state index in [1.807, 2.05) is 6.08 Å². The molecule has 0 saturated carbocycles. The summed E-state index contributed by atoms with van der Waals surface area (Å²) in [5, 5.41) is 0. The Bertz CT molecular complexity index is 521. The van der Waals surface area contributed by atoms with Gasteiger partial charge in [-0.15, -0.1) is 0 Å². The molecule has 0 aliphatic carbocycles. The number of ether oxygens (including phenoxy) is 3. The van der Waals surface area contributed by atoms with Crippen molar-refractivity contribution in [3.8, 4) is 0 Å². The molecule has 0 N–H and O–H groups in total. The van der Waals surface area contributed by atoms with E-state index in [0.717, 1.165) is 31.3 Å². The molecule has 0 bridgehead atoms. The van der Waals surface area contributed by atoms with Crippen LogP contribution in [0.15, 0.2) is 36.5 Å². The lowest BCUT2D eigenvalue weighted by Crippen LogP contribution is -2.28. The fraction of sp³-hybridized carbons (Fsp3) is 0.611. The molecule has 0 spiro atoms. The fourth-order valence-electron chi connectivity index (χ4n) is 3.37. The van der Waals surface area contributed by atoms with Gasteiger partial charge >= 0.3 is 5.97 Å². The zero-order chi connectivity index (χ0) is 15.7. The predicted octanol–water partition coefficient (Wildman–Crippen LogP) is 2.94. The van der Waals surface area contributed by atoms with E-state index in [9.17, 15) is 4.79 Å². The third-order valence-electron chi connectivity index (χ3n) is 4.89. The van der Waals surface area contributed by atoms with Gasteiger partial charge in [0.15, 0.2) is 0 Å². The summed E-state index contributed by atoms with van der Waals surface area (Å²) in [4.78, 5) is 11.9. The van der Waals surface area contributed by atoms with Gasteiger partial charge in [0.2, 0.25) is 0 Å². The summed E-state index contributed by atoms with van der Waals surface area (Å²) in [6, 6.07) is 0. The molecule has 4 heteroatoms. The van der Waals surface area contributed by atoms with E-state index in [1.54, 1.807) is 0 Å². The van der Waals surface area contributed by atoms with Gasteiger partial charge < -0.3 is 14.2 Å². The Morgan fingerprint density at radius 3 is 2.95 bits per heavy atom. The van der Waals surface area contributed by atoms with E-state index >= 15 is 0 Å². The van der Waals surface area contributed by atoms with Crippen LogP contribution in [0.1, 0.15) is 32.6 Å². The molecule has 0 aromatic heterocycles. The molecular weight excluding hydrogens is 280 g/mol. The van der Waals surface area contributed by atoms with Crippen LogP contribution >= 0.6 is 0 Å². The Morgan fingerprint density at radius 2 is 2.14 bits per heavy atom. The Balaban J connectivity index is 1.75. The minimum Gasteiger partial charge on any atom is -0.455 e. The predicted molar refractivity (Wildman–Crippen MR) is 83.4 cm³/mol. The van der Waals surface area contributed by atoms with Gasteiger partial charge in [-0.1, -0.05) is 30.9 Å². The highest BCUT2D eigenvalue weighted by atomic mass is 16.6. The highest BCUT2D eigenvalue weighted by molar-refractivity contribution is 5.91. The minimum atomic E-state index is -0.279. The van der Waals surface area contributed by atoms with Crippen molar-refractivity contribution in [1.82, 2.24) is 0 Å². The standard InChI is InChI=1S/C18H24O4/c1-12-7-8-14-13(2)17(19)21-15(14)16-18(3,22-16)9-5-4-6-10-20-11-12/h4,6,14-16H,1-2,5,7-11H2,3H3/b6-4-/t14-,15-,16-,18+/m0/s1. The Labute approximate surface area is 131 Å². The minimum absolute atomic E-state index is 0.0124. The monoisotopic (exact) mass is 304 g/mol. The van der Waals surface area contributed by atoms with Crippen LogP contribution in [0.2, 0.25) is 0 Å². The summed E-state index contributed by atoms with van der Waals surface area (Å²) >= 11 is 0. The first kappa shape index (κ1) is 15.5. The van der Waals surface area contributed by atoms with Crippen LogP contribution < -0.4 is 0 Å². The van der Waals surface area contributed by atoms with Crippen LogP contribution in [-0.4, -0.2) is 37.0 Å². The maximum Gasteiger partial charge on any atom is 0.334 e. The molecule has 3 heterocycles. The van der Waals surface area contributed by atoms with Crippen molar-refractivity contribution in [2.75, 3.05) is 13.2 Å². The smallest absolute Gasteiger partial charge is 0.334 e. The lowest BCUT2D eigenvalue weighted by molar-refractivity contribution is -0.140. The lowest BCUT2D eigenvalue weighted by Gasteiger charge is -2.18. The molecule has 3 aliphatic heterocycles. The molecule has 0 aromatic carbocycles. The third kappa shape index (κ3) is 3.03. The fourth-order valence-corrected chi connectivity index (χ4v) is 3.37. The average molecular weight is 304 g/mol. The molecule has 0 radical (unpaired) electrons. The molecule has 22 heavy (non-hydrogen) atoms. The number of hydrogen-bond donors (Lipinski definition) is 0. The molecule has 0 unspecified atom stereocenters. The van der Waals surface area contributed by atoms with Crippen molar-refractivity contribution in [2.45, 2.75) is 50.4 Å². The zero-order valence-corrected chi connectivity index (χ0v) is 13.2. The normalized spacial score (nSPS) is 41.1. The van der Waals surface area contributed by atoms with E-state index in [-0.39, 0.29) is 29.7 Å². The van der Waals surface area contributed by atoms with E-state index < -0.39 is 0 Å². The first-order chi connectivity index (χ1) is 10.5. The molecule has 0 amide bonds. The summed E-state index contributed by atoms with van der Waals surface area (Å²) in [7, 11) is 0. The summed E-state index contributed by atoms with van der Waals surface area (Å²) in [6.07, 6.45) is 7.42. The van der Waals surface area contributed by atoms with Gasteiger partial charge in [-0.05, 0) is 32.6 Å². The number of fused-ring (bicyclic) bond motifs is 3. The van der Waals surface area contributed by atoms with Crippen molar-refractivity contribution in [3.63, 3.8) is 0 Å². The zero-order valence-electron chi connectivity index (χ0n) is 13.2. The molecule has 4 atom stereocenters. The summed E-state index contributed by atoms with van der Waals surface area (Å²) in [5.74, 6) is -0.256. The molecule has 3 rings (SSSR count). The van der Waals surface area contributed by atoms with Gasteiger partial charge in [0.1, 0.15) is 12.2 Å². The van der Waals surface area contributed by atoms with Crippen molar-refractivity contribution >= 4 is 5.97 Å². The third-order valence-corrected chi connectivity index (χ3v) is 4.89. The van der Waals surface area contributed by atoms with Gasteiger partial charge in [0.25, 0.3) is 0 Å². The average Bonchev–Trinajstić information content (AvgIpc) is 3.06. The van der Waals surface area contributed by atoms with Crippen LogP contribution in [0.4, 0.5) is 0 Å². The van der Waals surface area contributed by atoms with Gasteiger partial charge in [0.05, 0.1) is 18.8 Å². The van der Waals surface area contributed by atoms with Crippen LogP contribution in [0.25, 0.3) is 0 Å². The van der Waals surface area contributed by atoms with Crippen LogP contribution in [-0.2, 0) is 19.0 Å². The van der Waals surface area contributed by atoms with Crippen molar-refractivity contribution in [3.05, 3.63) is 36.5 Å². The van der Waals surface area contributed by atoms with Crippen LogP contribution in [0.5, 0.6) is 0 Å². The van der Waals surface area contributed by atoms with Gasteiger partial charge in [-0.25, -0.2) is 4.79 Å². The molecule has 120 valence electrons. The van der Waals surface area contributed by atoms with E-state index in [2.05, 4.69) is 26.2 Å². The van der Waals surface area contributed by atoms with Crippen molar-refractivity contribution in [1.29, 1.82) is 0 Å². The highest BCUT2D eigenvalue weighted by Gasteiger charge is 2.61. The summed E-state index contributed by atoms with van der Waals surface area (Å²) in [6.45, 7) is 11.2. The quantitative estimate of drug-likeness (QED) is 0.299. The van der Waals surface area contributed by atoms with Crippen LogP contribution in [0.3, 0.4) is 0 Å². The Kier molecular flexibility index (Phi) is 4.24. The Hall–Kier alpha value is -1.39. The largest absolute Gasteiger partial charge is 0.455 e. The molecule has 3 aliphatic rings. The first-order valence-corrected chi connectivity index (χ1v) is 7.98. The maximum absolute atomic E-state index is 11.9. The topological polar surface area (TPSA) is 48.1 Å². The van der Waals surface area contributed by atoms with Crippen molar-refractivity contribution in [2.24, 2.45) is 5.92 Å². The summed E-state index contributed by atoms with van der Waals surface area (Å²) in [5.41, 5.74) is 1.42. The molecule has 2 saturated heterocycles. The molecular formula is C18H24O4. The van der Waals surface area contributed by atoms with Gasteiger partial charge in [0, 0.05) is 11.5 Å². The molecule has 0 aromatic rings. The second-order valence-electron chi connectivity index (χ2n) is 6.67.